The third kappa shape index (κ3) is 2.88. The van der Waals surface area contributed by atoms with E-state index in [2.05, 4.69) is 34.7 Å². The minimum Gasteiger partial charge on any atom is -0.111 e. The van der Waals surface area contributed by atoms with E-state index in [9.17, 15) is 0 Å². The largest absolute Gasteiger partial charge is 0.111 e. The van der Waals surface area contributed by atoms with Crippen LogP contribution in [0.25, 0.3) is 0 Å². The Morgan fingerprint density at radius 1 is 1.30 bits per heavy atom. The average molecular weight is 267 g/mol. The molecule has 0 spiro atoms. The van der Waals surface area contributed by atoms with E-state index in [1.54, 1.807) is 0 Å². The molecule has 10 heavy (non-hydrogen) atoms. The second-order valence-electron chi connectivity index (χ2n) is 2.08. The summed E-state index contributed by atoms with van der Waals surface area (Å²) in [6.45, 7) is 0. The van der Waals surface area contributed by atoms with Crippen molar-refractivity contribution in [2.45, 2.75) is 9.80 Å². The van der Waals surface area contributed by atoms with Crippen LogP contribution in [0, 0.1) is 0 Å². The van der Waals surface area contributed by atoms with Crippen molar-refractivity contribution in [3.63, 3.8) is 0 Å². The standard InChI is InChI=1S/C8H8ClI/c9-8(10)6-7-4-2-1-3-5-7/h1-5,8H,6H2/t8-/m0/s1. The number of halogens is 2. The van der Waals surface area contributed by atoms with E-state index >= 15 is 0 Å². The number of hydrogen-bond donors (Lipinski definition) is 0. The highest BCUT2D eigenvalue weighted by atomic mass is 127. The molecule has 0 N–H and O–H groups in total. The molecule has 1 atom stereocenters. The predicted octanol–water partition coefficient (Wildman–Crippen LogP) is 3.23. The van der Waals surface area contributed by atoms with Crippen molar-refractivity contribution in [1.82, 2.24) is 0 Å². The van der Waals surface area contributed by atoms with Crippen LogP contribution < -0.4 is 0 Å². The van der Waals surface area contributed by atoms with Gasteiger partial charge in [-0.1, -0.05) is 52.9 Å². The first kappa shape index (κ1) is 8.34. The van der Waals surface area contributed by atoms with Crippen LogP contribution in [-0.4, -0.2) is 3.38 Å². The summed E-state index contributed by atoms with van der Waals surface area (Å²) in [5.41, 5.74) is 1.30. The first-order valence-electron chi connectivity index (χ1n) is 3.11. The van der Waals surface area contributed by atoms with Gasteiger partial charge in [0, 0.05) is 0 Å². The molecule has 2 heteroatoms. The summed E-state index contributed by atoms with van der Waals surface area (Å²) >= 11 is 8.01. The van der Waals surface area contributed by atoms with Gasteiger partial charge in [0.1, 0.15) is 0 Å². The zero-order valence-corrected chi connectivity index (χ0v) is 8.34. The van der Waals surface area contributed by atoms with Crippen molar-refractivity contribution in [1.29, 1.82) is 0 Å². The monoisotopic (exact) mass is 266 g/mol. The Bertz CT molecular complexity index is 184. The molecule has 0 aliphatic heterocycles. The summed E-state index contributed by atoms with van der Waals surface area (Å²) in [5, 5.41) is 0. The number of benzene rings is 1. The molecule has 0 aliphatic rings. The van der Waals surface area contributed by atoms with Gasteiger partial charge in [0.2, 0.25) is 0 Å². The number of hydrogen-bond acceptors (Lipinski definition) is 0. The molecule has 0 saturated heterocycles. The lowest BCUT2D eigenvalue weighted by Gasteiger charge is -1.99. The summed E-state index contributed by atoms with van der Waals surface area (Å²) in [6.07, 6.45) is 0.947. The summed E-state index contributed by atoms with van der Waals surface area (Å²) in [7, 11) is 0. The summed E-state index contributed by atoms with van der Waals surface area (Å²) in [5.74, 6) is 0. The van der Waals surface area contributed by atoms with Crippen LogP contribution in [0.1, 0.15) is 5.56 Å². The predicted molar refractivity (Wildman–Crippen MR) is 53.8 cm³/mol. The molecule has 0 nitrogen and oxygen atoms in total. The Labute approximate surface area is 79.7 Å². The van der Waals surface area contributed by atoms with Gasteiger partial charge in [0.05, 0.1) is 3.38 Å². The normalized spacial score (nSPS) is 13.0. The van der Waals surface area contributed by atoms with Gasteiger partial charge >= 0.3 is 0 Å². The highest BCUT2D eigenvalue weighted by Crippen LogP contribution is 2.12. The number of rotatable bonds is 2. The van der Waals surface area contributed by atoms with Gasteiger partial charge in [-0.2, -0.15) is 0 Å². The highest BCUT2D eigenvalue weighted by Gasteiger charge is 1.97. The molecule has 54 valence electrons. The first-order valence-corrected chi connectivity index (χ1v) is 4.79. The molecule has 0 amide bonds. The van der Waals surface area contributed by atoms with Gasteiger partial charge < -0.3 is 0 Å². The molecule has 0 aliphatic carbocycles. The molecule has 0 unspecified atom stereocenters. The Morgan fingerprint density at radius 2 is 1.90 bits per heavy atom. The Kier molecular flexibility index (Phi) is 3.49. The molecule has 0 heterocycles. The molecule has 1 aromatic carbocycles. The fraction of sp³-hybridized carbons (Fsp3) is 0.250. The van der Waals surface area contributed by atoms with Gasteiger partial charge in [-0.25, -0.2) is 0 Å². The van der Waals surface area contributed by atoms with Crippen molar-refractivity contribution < 1.29 is 0 Å². The van der Waals surface area contributed by atoms with Gasteiger partial charge in [-0.05, 0) is 12.0 Å². The molecule has 0 aromatic heterocycles. The van der Waals surface area contributed by atoms with Crippen molar-refractivity contribution in [3.05, 3.63) is 35.9 Å². The fourth-order valence-corrected chi connectivity index (χ4v) is 1.48. The lowest BCUT2D eigenvalue weighted by atomic mass is 10.2. The zero-order valence-electron chi connectivity index (χ0n) is 5.43. The van der Waals surface area contributed by atoms with Crippen molar-refractivity contribution in [3.8, 4) is 0 Å². The van der Waals surface area contributed by atoms with Gasteiger partial charge in [0.25, 0.3) is 0 Å². The minimum atomic E-state index is 0.208. The lowest BCUT2D eigenvalue weighted by molar-refractivity contribution is 1.12. The van der Waals surface area contributed by atoms with E-state index < -0.39 is 0 Å². The van der Waals surface area contributed by atoms with Crippen molar-refractivity contribution in [2.24, 2.45) is 0 Å². The maximum Gasteiger partial charge on any atom is 0.0890 e. The van der Waals surface area contributed by atoms with E-state index in [-0.39, 0.29) is 3.38 Å². The van der Waals surface area contributed by atoms with Gasteiger partial charge in [-0.3, -0.25) is 0 Å². The minimum absolute atomic E-state index is 0.208. The molecule has 0 saturated carbocycles. The molecular weight excluding hydrogens is 258 g/mol. The van der Waals surface area contributed by atoms with E-state index in [4.69, 9.17) is 11.6 Å². The van der Waals surface area contributed by atoms with Gasteiger partial charge in [0.15, 0.2) is 0 Å². The van der Waals surface area contributed by atoms with Crippen LogP contribution >= 0.6 is 34.2 Å². The van der Waals surface area contributed by atoms with E-state index in [0.717, 1.165) is 6.42 Å². The second-order valence-corrected chi connectivity index (χ2v) is 4.85. The van der Waals surface area contributed by atoms with Crippen LogP contribution in [-0.2, 0) is 6.42 Å². The van der Waals surface area contributed by atoms with Crippen LogP contribution in [0.2, 0.25) is 0 Å². The molecular formula is C8H8ClI. The summed E-state index contributed by atoms with van der Waals surface area (Å²) in [4.78, 5) is 0. The van der Waals surface area contributed by atoms with Gasteiger partial charge in [-0.15, -0.1) is 11.6 Å². The molecule has 1 rings (SSSR count). The highest BCUT2D eigenvalue weighted by molar-refractivity contribution is 14.1. The average Bonchev–Trinajstić information content (AvgIpc) is 1.88. The Hall–Kier alpha value is 0.240. The third-order valence-electron chi connectivity index (χ3n) is 1.23. The van der Waals surface area contributed by atoms with E-state index in [0.29, 0.717) is 0 Å². The molecule has 0 radical (unpaired) electrons. The fourth-order valence-electron chi connectivity index (χ4n) is 0.792. The topological polar surface area (TPSA) is 0 Å². The molecule has 0 fully saturated rings. The maximum atomic E-state index is 5.80. The SMILES string of the molecule is Cl[C@@H](I)Cc1ccccc1. The van der Waals surface area contributed by atoms with E-state index in [1.165, 1.54) is 5.56 Å². The van der Waals surface area contributed by atoms with E-state index in [1.807, 2.05) is 18.2 Å². The lowest BCUT2D eigenvalue weighted by Crippen LogP contribution is -1.91. The van der Waals surface area contributed by atoms with Crippen LogP contribution in [0.3, 0.4) is 0 Å². The first-order chi connectivity index (χ1) is 4.79. The molecule has 0 bridgehead atoms. The van der Waals surface area contributed by atoms with Crippen LogP contribution in [0.15, 0.2) is 30.3 Å². The van der Waals surface area contributed by atoms with Crippen LogP contribution in [0.4, 0.5) is 0 Å². The zero-order chi connectivity index (χ0) is 7.40. The third-order valence-corrected chi connectivity index (χ3v) is 1.83. The molecule has 1 aromatic rings. The Balaban J connectivity index is 2.59. The summed E-state index contributed by atoms with van der Waals surface area (Å²) < 4.78 is 0.208. The number of alkyl halides is 2. The van der Waals surface area contributed by atoms with Crippen molar-refractivity contribution in [2.75, 3.05) is 0 Å². The van der Waals surface area contributed by atoms with Crippen molar-refractivity contribution >= 4 is 34.2 Å². The quantitative estimate of drug-likeness (QED) is 0.569. The Morgan fingerprint density at radius 3 is 2.40 bits per heavy atom. The second kappa shape index (κ2) is 4.19. The maximum absolute atomic E-state index is 5.80. The van der Waals surface area contributed by atoms with Crippen LogP contribution in [0.5, 0.6) is 0 Å². The summed E-state index contributed by atoms with van der Waals surface area (Å²) in [6, 6.07) is 10.3. The smallest absolute Gasteiger partial charge is 0.0890 e.